The highest BCUT2D eigenvalue weighted by Gasteiger charge is 2.42. The number of benzene rings is 2. The summed E-state index contributed by atoms with van der Waals surface area (Å²) in [5.41, 5.74) is 1.18. The standard InChI is InChI=1S/C22H23ClN2O4.ClH/c23-18-3-1-17(2-4-18)9-10-22(15-25-12-11-24-16-25)28-14-21(29-22)13-27-20-7-5-19(26)6-8-20;/h1-8,11-12,16,21,26H,9-10,13-15H2;1H/t21-,22+;/m0./s1. The van der Waals surface area contributed by atoms with Gasteiger partial charge in [-0.1, -0.05) is 23.7 Å². The molecule has 3 aromatic rings. The summed E-state index contributed by atoms with van der Waals surface area (Å²) < 4.78 is 20.3. The van der Waals surface area contributed by atoms with Crippen LogP contribution in [0.5, 0.6) is 11.5 Å². The van der Waals surface area contributed by atoms with Crippen LogP contribution in [0.3, 0.4) is 0 Å². The van der Waals surface area contributed by atoms with Crippen molar-refractivity contribution in [3.05, 3.63) is 77.8 Å². The van der Waals surface area contributed by atoms with Crippen molar-refractivity contribution in [2.75, 3.05) is 13.2 Å². The summed E-state index contributed by atoms with van der Waals surface area (Å²) in [4.78, 5) is 4.12. The number of nitrogens with zero attached hydrogens (tertiary/aromatic N) is 2. The van der Waals surface area contributed by atoms with Gasteiger partial charge in [-0.25, -0.2) is 4.98 Å². The molecule has 1 saturated heterocycles. The highest BCUT2D eigenvalue weighted by molar-refractivity contribution is 6.30. The fourth-order valence-corrected chi connectivity index (χ4v) is 3.49. The van der Waals surface area contributed by atoms with E-state index in [9.17, 15) is 5.11 Å². The van der Waals surface area contributed by atoms with Crippen LogP contribution in [0.1, 0.15) is 12.0 Å². The van der Waals surface area contributed by atoms with Crippen LogP contribution in [0.15, 0.2) is 67.3 Å². The SMILES string of the molecule is Cl.Oc1ccc(OC[C@H]2CO[C@@](CCc3ccc(Cl)cc3)(Cn3ccnc3)O2)cc1. The smallest absolute Gasteiger partial charge is 0.187 e. The molecule has 2 aromatic carbocycles. The number of hydrogen-bond donors (Lipinski definition) is 1. The molecule has 0 radical (unpaired) electrons. The molecule has 2 heterocycles. The lowest BCUT2D eigenvalue weighted by Gasteiger charge is -2.28. The number of aryl methyl sites for hydroxylation is 1. The van der Waals surface area contributed by atoms with Crippen molar-refractivity contribution in [2.45, 2.75) is 31.3 Å². The third-order valence-corrected chi connectivity index (χ3v) is 5.13. The van der Waals surface area contributed by atoms with Gasteiger partial charge in [-0.2, -0.15) is 0 Å². The van der Waals surface area contributed by atoms with E-state index in [1.165, 1.54) is 5.56 Å². The van der Waals surface area contributed by atoms with E-state index in [1.807, 2.05) is 35.0 Å². The highest BCUT2D eigenvalue weighted by Crippen LogP contribution is 2.31. The lowest BCUT2D eigenvalue weighted by atomic mass is 10.0. The Kier molecular flexibility index (Phi) is 7.61. The normalized spacial score (nSPS) is 20.6. The van der Waals surface area contributed by atoms with Gasteiger partial charge in [0, 0.05) is 23.8 Å². The van der Waals surface area contributed by atoms with E-state index < -0.39 is 5.79 Å². The van der Waals surface area contributed by atoms with Crippen molar-refractivity contribution >= 4 is 24.0 Å². The molecule has 1 fully saturated rings. The van der Waals surface area contributed by atoms with Crippen LogP contribution in [0, 0.1) is 0 Å². The monoisotopic (exact) mass is 450 g/mol. The number of phenolic OH excluding ortho intramolecular Hbond substituents is 1. The lowest BCUT2D eigenvalue weighted by molar-refractivity contribution is -0.184. The average molecular weight is 451 g/mol. The summed E-state index contributed by atoms with van der Waals surface area (Å²) in [6.45, 7) is 1.38. The number of aromatic nitrogens is 2. The van der Waals surface area contributed by atoms with Gasteiger partial charge in [0.15, 0.2) is 5.79 Å². The van der Waals surface area contributed by atoms with Gasteiger partial charge in [0.05, 0.1) is 19.5 Å². The minimum Gasteiger partial charge on any atom is -0.508 e. The van der Waals surface area contributed by atoms with Gasteiger partial charge in [-0.05, 0) is 48.4 Å². The number of halogens is 2. The molecule has 1 aromatic heterocycles. The van der Waals surface area contributed by atoms with Crippen LogP contribution in [-0.4, -0.2) is 39.8 Å². The van der Waals surface area contributed by atoms with E-state index in [1.54, 1.807) is 36.8 Å². The predicted molar refractivity (Wildman–Crippen MR) is 116 cm³/mol. The van der Waals surface area contributed by atoms with Crippen LogP contribution in [0.2, 0.25) is 5.02 Å². The Bertz CT molecular complexity index is 904. The van der Waals surface area contributed by atoms with Gasteiger partial charge in [0.2, 0.25) is 0 Å². The molecule has 0 aliphatic carbocycles. The Balaban J connectivity index is 0.00000256. The van der Waals surface area contributed by atoms with Crippen LogP contribution in [0.4, 0.5) is 0 Å². The Morgan fingerprint density at radius 3 is 2.63 bits per heavy atom. The molecule has 1 N–H and O–H groups in total. The highest BCUT2D eigenvalue weighted by atomic mass is 35.5. The molecule has 4 rings (SSSR count). The Hall–Kier alpha value is -2.25. The molecule has 0 spiro atoms. The van der Waals surface area contributed by atoms with Crippen molar-refractivity contribution in [3.8, 4) is 11.5 Å². The number of phenols is 1. The topological polar surface area (TPSA) is 65.7 Å². The predicted octanol–water partition coefficient (Wildman–Crippen LogP) is 4.49. The number of imidazole rings is 1. The van der Waals surface area contributed by atoms with Gasteiger partial charge in [-0.15, -0.1) is 12.4 Å². The Morgan fingerprint density at radius 1 is 1.17 bits per heavy atom. The molecule has 8 heteroatoms. The van der Waals surface area contributed by atoms with E-state index in [4.69, 9.17) is 25.8 Å². The molecule has 0 unspecified atom stereocenters. The molecule has 0 saturated carbocycles. The van der Waals surface area contributed by atoms with Gasteiger partial charge in [0.25, 0.3) is 0 Å². The summed E-state index contributed by atoms with van der Waals surface area (Å²) in [5.74, 6) is 0.141. The third-order valence-electron chi connectivity index (χ3n) is 4.88. The van der Waals surface area contributed by atoms with Gasteiger partial charge in [-0.3, -0.25) is 0 Å². The summed E-state index contributed by atoms with van der Waals surface area (Å²) in [6, 6.07) is 14.5. The summed E-state index contributed by atoms with van der Waals surface area (Å²) in [5, 5.41) is 10.1. The first-order chi connectivity index (χ1) is 14.1. The molecule has 160 valence electrons. The summed E-state index contributed by atoms with van der Waals surface area (Å²) >= 11 is 5.99. The van der Waals surface area contributed by atoms with E-state index in [0.717, 1.165) is 11.4 Å². The first kappa shape index (κ1) is 22.4. The van der Waals surface area contributed by atoms with Crippen LogP contribution in [0.25, 0.3) is 0 Å². The first-order valence-corrected chi connectivity index (χ1v) is 9.92. The van der Waals surface area contributed by atoms with Gasteiger partial charge < -0.3 is 23.9 Å². The Labute approximate surface area is 186 Å². The molecule has 0 amide bonds. The first-order valence-electron chi connectivity index (χ1n) is 9.54. The van der Waals surface area contributed by atoms with E-state index in [2.05, 4.69) is 4.98 Å². The van der Waals surface area contributed by atoms with Gasteiger partial charge >= 0.3 is 0 Å². The fraction of sp³-hybridized carbons (Fsp3) is 0.318. The minimum atomic E-state index is -0.747. The average Bonchev–Trinajstić information content (AvgIpc) is 3.38. The van der Waals surface area contributed by atoms with Crippen molar-refractivity contribution in [1.82, 2.24) is 9.55 Å². The second-order valence-corrected chi connectivity index (χ2v) is 7.56. The number of hydrogen-bond acceptors (Lipinski definition) is 5. The maximum absolute atomic E-state index is 9.38. The molecule has 6 nitrogen and oxygen atoms in total. The maximum Gasteiger partial charge on any atom is 0.187 e. The molecule has 1 aliphatic heterocycles. The molecule has 1 aliphatic rings. The number of aromatic hydroxyl groups is 1. The van der Waals surface area contributed by atoms with Crippen molar-refractivity contribution < 1.29 is 19.3 Å². The van der Waals surface area contributed by atoms with E-state index in [-0.39, 0.29) is 24.3 Å². The fourth-order valence-electron chi connectivity index (χ4n) is 3.37. The molecule has 30 heavy (non-hydrogen) atoms. The van der Waals surface area contributed by atoms with Crippen molar-refractivity contribution in [2.24, 2.45) is 0 Å². The zero-order valence-corrected chi connectivity index (χ0v) is 17.9. The second kappa shape index (κ2) is 10.2. The molecular weight excluding hydrogens is 427 g/mol. The maximum atomic E-state index is 9.38. The van der Waals surface area contributed by atoms with Crippen molar-refractivity contribution in [3.63, 3.8) is 0 Å². The largest absolute Gasteiger partial charge is 0.508 e. The lowest BCUT2D eigenvalue weighted by Crippen LogP contribution is -2.37. The number of ether oxygens (including phenoxy) is 3. The van der Waals surface area contributed by atoms with Gasteiger partial charge in [0.1, 0.15) is 24.2 Å². The molecule has 2 atom stereocenters. The minimum absolute atomic E-state index is 0. The second-order valence-electron chi connectivity index (χ2n) is 7.13. The number of rotatable bonds is 8. The Morgan fingerprint density at radius 2 is 1.93 bits per heavy atom. The van der Waals surface area contributed by atoms with E-state index >= 15 is 0 Å². The van der Waals surface area contributed by atoms with Crippen LogP contribution >= 0.6 is 24.0 Å². The summed E-state index contributed by atoms with van der Waals surface area (Å²) in [7, 11) is 0. The quantitative estimate of drug-likeness (QED) is 0.547. The van der Waals surface area contributed by atoms with Crippen molar-refractivity contribution in [1.29, 1.82) is 0 Å². The summed E-state index contributed by atoms with van der Waals surface area (Å²) in [6.07, 6.45) is 6.72. The molecule has 0 bridgehead atoms. The zero-order chi connectivity index (χ0) is 20.1. The van der Waals surface area contributed by atoms with E-state index in [0.29, 0.717) is 31.9 Å². The van der Waals surface area contributed by atoms with Crippen LogP contribution in [-0.2, 0) is 22.4 Å². The molecular formula is C22H24Cl2N2O4. The van der Waals surface area contributed by atoms with Crippen LogP contribution < -0.4 is 4.74 Å². The zero-order valence-electron chi connectivity index (χ0n) is 16.3. The third kappa shape index (κ3) is 5.89.